The fourth-order valence-corrected chi connectivity index (χ4v) is 5.61. The third-order valence-corrected chi connectivity index (χ3v) is 7.68. The van der Waals surface area contributed by atoms with E-state index in [0.29, 0.717) is 25.3 Å². The first-order chi connectivity index (χ1) is 16.8. The molecule has 4 heterocycles. The maximum Gasteiger partial charge on any atom is 0.272 e. The number of amides is 1. The standard InChI is InChI=1S/C25H29F2N7O/c1-3-4-18-15(5-8-22(30-18)34-10-16-17(11-34)25(16,26)27)9-33-12-20(28-14-33)24(35)31-19-6-7-21-23(19)29-13-32(21)2/h5,8,12-14,16-17,19H,3-4,6-7,9-11H2,1-2H3,(H,31,35)/t16?,17?,19-/m1/s1. The summed E-state index contributed by atoms with van der Waals surface area (Å²) >= 11 is 0. The molecule has 3 aliphatic rings. The fourth-order valence-electron chi connectivity index (χ4n) is 5.61. The molecule has 3 aromatic rings. The van der Waals surface area contributed by atoms with Crippen molar-refractivity contribution in [1.82, 2.24) is 29.4 Å². The third-order valence-electron chi connectivity index (χ3n) is 7.68. The molecule has 1 saturated carbocycles. The molecule has 1 amide bonds. The zero-order chi connectivity index (χ0) is 24.3. The summed E-state index contributed by atoms with van der Waals surface area (Å²) < 4.78 is 31.1. The Morgan fingerprint density at radius 2 is 2.00 bits per heavy atom. The van der Waals surface area contributed by atoms with Gasteiger partial charge in [0.2, 0.25) is 0 Å². The van der Waals surface area contributed by atoms with E-state index in [-0.39, 0.29) is 11.9 Å². The SMILES string of the molecule is CCCc1nc(N2CC3C(C2)C3(F)F)ccc1Cn1cnc(C(=O)N[C@@H]2CCc3c2ncn3C)c1. The Labute approximate surface area is 202 Å². The van der Waals surface area contributed by atoms with E-state index in [1.807, 2.05) is 33.2 Å². The number of fused-ring (bicyclic) bond motifs is 2. The van der Waals surface area contributed by atoms with Crippen LogP contribution in [0.25, 0.3) is 0 Å². The van der Waals surface area contributed by atoms with Gasteiger partial charge in [0.25, 0.3) is 11.8 Å². The lowest BCUT2D eigenvalue weighted by atomic mass is 10.1. The molecule has 2 fully saturated rings. The Kier molecular flexibility index (Phi) is 5.16. The number of carbonyl (C=O) groups excluding carboxylic acids is 1. The summed E-state index contributed by atoms with van der Waals surface area (Å²) in [5, 5.41) is 3.06. The lowest BCUT2D eigenvalue weighted by Crippen LogP contribution is -2.28. The summed E-state index contributed by atoms with van der Waals surface area (Å²) in [5.74, 6) is -2.98. The summed E-state index contributed by atoms with van der Waals surface area (Å²) in [6.07, 6.45) is 8.67. The van der Waals surface area contributed by atoms with Crippen molar-refractivity contribution in [1.29, 1.82) is 0 Å². The summed E-state index contributed by atoms with van der Waals surface area (Å²) in [6.45, 7) is 3.38. The van der Waals surface area contributed by atoms with Crippen molar-refractivity contribution < 1.29 is 13.6 Å². The van der Waals surface area contributed by atoms with Gasteiger partial charge in [0.15, 0.2) is 0 Å². The number of piperidine rings is 1. The number of pyridine rings is 1. The number of anilines is 1. The number of hydrogen-bond acceptors (Lipinski definition) is 5. The van der Waals surface area contributed by atoms with Gasteiger partial charge in [-0.15, -0.1) is 0 Å². The minimum Gasteiger partial charge on any atom is -0.356 e. The average molecular weight is 482 g/mol. The monoisotopic (exact) mass is 481 g/mol. The molecular formula is C25H29F2N7O. The predicted molar refractivity (Wildman–Crippen MR) is 125 cm³/mol. The molecule has 2 unspecified atom stereocenters. The van der Waals surface area contributed by atoms with Crippen molar-refractivity contribution in [2.24, 2.45) is 18.9 Å². The second-order valence-corrected chi connectivity index (χ2v) is 10.0. The van der Waals surface area contributed by atoms with Crippen LogP contribution in [0, 0.1) is 11.8 Å². The Balaban J connectivity index is 1.13. The summed E-state index contributed by atoms with van der Waals surface area (Å²) in [7, 11) is 1.97. The number of carbonyl (C=O) groups is 1. The van der Waals surface area contributed by atoms with Crippen molar-refractivity contribution in [2.75, 3.05) is 18.0 Å². The molecule has 2 aliphatic carbocycles. The molecule has 3 aromatic heterocycles. The molecule has 0 spiro atoms. The van der Waals surface area contributed by atoms with Gasteiger partial charge in [0, 0.05) is 37.7 Å². The molecule has 3 atom stereocenters. The lowest BCUT2D eigenvalue weighted by Gasteiger charge is -2.22. The molecule has 184 valence electrons. The molecule has 1 N–H and O–H groups in total. The van der Waals surface area contributed by atoms with Gasteiger partial charge in [0.05, 0.1) is 42.8 Å². The Morgan fingerprint density at radius 1 is 1.20 bits per heavy atom. The normalized spacial score (nSPS) is 23.9. The van der Waals surface area contributed by atoms with E-state index in [1.54, 1.807) is 18.9 Å². The number of imidazole rings is 2. The van der Waals surface area contributed by atoms with Crippen LogP contribution in [-0.4, -0.2) is 49.0 Å². The van der Waals surface area contributed by atoms with Gasteiger partial charge in [-0.25, -0.2) is 23.7 Å². The molecule has 6 rings (SSSR count). The highest BCUT2D eigenvalue weighted by molar-refractivity contribution is 5.92. The highest BCUT2D eigenvalue weighted by atomic mass is 19.3. The van der Waals surface area contributed by atoms with Gasteiger partial charge < -0.3 is 19.4 Å². The fraction of sp³-hybridized carbons (Fsp3) is 0.520. The summed E-state index contributed by atoms with van der Waals surface area (Å²) in [4.78, 5) is 28.4. The van der Waals surface area contributed by atoms with E-state index in [2.05, 4.69) is 22.2 Å². The summed E-state index contributed by atoms with van der Waals surface area (Å²) in [5.41, 5.74) is 4.48. The minimum atomic E-state index is -2.49. The van der Waals surface area contributed by atoms with Gasteiger partial charge >= 0.3 is 0 Å². The van der Waals surface area contributed by atoms with Gasteiger partial charge in [-0.2, -0.15) is 0 Å². The van der Waals surface area contributed by atoms with Crippen LogP contribution in [0.15, 0.2) is 31.0 Å². The third kappa shape index (κ3) is 3.79. The number of nitrogens with zero attached hydrogens (tertiary/aromatic N) is 6. The highest BCUT2D eigenvalue weighted by Gasteiger charge is 2.71. The molecule has 8 nitrogen and oxygen atoms in total. The van der Waals surface area contributed by atoms with Crippen LogP contribution in [0.5, 0.6) is 0 Å². The van der Waals surface area contributed by atoms with Gasteiger partial charge in [0.1, 0.15) is 11.5 Å². The van der Waals surface area contributed by atoms with Crippen molar-refractivity contribution in [3.8, 4) is 0 Å². The largest absolute Gasteiger partial charge is 0.356 e. The quantitative estimate of drug-likeness (QED) is 0.561. The van der Waals surface area contributed by atoms with E-state index in [1.165, 1.54) is 5.69 Å². The van der Waals surface area contributed by atoms with E-state index >= 15 is 0 Å². The number of alkyl halides is 2. The maximum absolute atomic E-state index is 13.6. The van der Waals surface area contributed by atoms with Crippen LogP contribution in [0.2, 0.25) is 0 Å². The first-order valence-corrected chi connectivity index (χ1v) is 12.3. The molecule has 1 aliphatic heterocycles. The second-order valence-electron chi connectivity index (χ2n) is 10.0. The minimum absolute atomic E-state index is 0.0895. The Morgan fingerprint density at radius 3 is 2.77 bits per heavy atom. The van der Waals surface area contributed by atoms with E-state index in [9.17, 15) is 13.6 Å². The van der Waals surface area contributed by atoms with Gasteiger partial charge in [-0.05, 0) is 30.9 Å². The predicted octanol–water partition coefficient (Wildman–Crippen LogP) is 3.13. The van der Waals surface area contributed by atoms with Crippen LogP contribution in [0.4, 0.5) is 14.6 Å². The number of halogens is 2. The van der Waals surface area contributed by atoms with Crippen LogP contribution in [0.3, 0.4) is 0 Å². The Bertz CT molecular complexity index is 1270. The molecular weight excluding hydrogens is 452 g/mol. The molecule has 10 heteroatoms. The maximum atomic E-state index is 13.6. The molecule has 0 bridgehead atoms. The zero-order valence-corrected chi connectivity index (χ0v) is 19.9. The average Bonchev–Trinajstić information content (AvgIpc) is 3.47. The van der Waals surface area contributed by atoms with E-state index < -0.39 is 17.8 Å². The number of hydrogen-bond donors (Lipinski definition) is 1. The van der Waals surface area contributed by atoms with Crippen LogP contribution in [0.1, 0.15) is 58.9 Å². The number of nitrogens with one attached hydrogen (secondary N) is 1. The molecule has 0 aromatic carbocycles. The molecule has 35 heavy (non-hydrogen) atoms. The first-order valence-electron chi connectivity index (χ1n) is 12.3. The first kappa shape index (κ1) is 22.2. The topological polar surface area (TPSA) is 80.9 Å². The van der Waals surface area contributed by atoms with Crippen LogP contribution >= 0.6 is 0 Å². The second kappa shape index (κ2) is 8.13. The van der Waals surface area contributed by atoms with E-state index in [4.69, 9.17) is 4.98 Å². The van der Waals surface area contributed by atoms with Crippen molar-refractivity contribution >= 4 is 11.7 Å². The van der Waals surface area contributed by atoms with Gasteiger partial charge in [-0.3, -0.25) is 4.79 Å². The number of aromatic nitrogens is 5. The Hall–Kier alpha value is -3.30. The zero-order valence-electron chi connectivity index (χ0n) is 19.9. The van der Waals surface area contributed by atoms with Crippen LogP contribution < -0.4 is 10.2 Å². The van der Waals surface area contributed by atoms with Gasteiger partial charge in [-0.1, -0.05) is 19.4 Å². The van der Waals surface area contributed by atoms with Crippen LogP contribution in [-0.2, 0) is 26.4 Å². The molecule has 1 saturated heterocycles. The number of aryl methyl sites for hydroxylation is 2. The van der Waals surface area contributed by atoms with Crippen molar-refractivity contribution in [3.05, 3.63) is 59.3 Å². The lowest BCUT2D eigenvalue weighted by molar-refractivity contribution is 0.0796. The smallest absolute Gasteiger partial charge is 0.272 e. The van der Waals surface area contributed by atoms with Crippen molar-refractivity contribution in [2.45, 2.75) is 51.1 Å². The number of rotatable bonds is 7. The highest BCUT2D eigenvalue weighted by Crippen LogP contribution is 2.59. The van der Waals surface area contributed by atoms with E-state index in [0.717, 1.165) is 48.5 Å². The summed E-state index contributed by atoms with van der Waals surface area (Å²) in [6, 6.07) is 3.86. The molecule has 0 radical (unpaired) electrons. The van der Waals surface area contributed by atoms with Crippen molar-refractivity contribution in [3.63, 3.8) is 0 Å².